The van der Waals surface area contributed by atoms with E-state index in [0.29, 0.717) is 16.9 Å². The number of hydrogen-bond acceptors (Lipinski definition) is 5. The average Bonchev–Trinajstić information content (AvgIpc) is 3.16. The molecule has 26 heavy (non-hydrogen) atoms. The van der Waals surface area contributed by atoms with Gasteiger partial charge in [-0.25, -0.2) is 15.0 Å². The fraction of sp³-hybridized carbons (Fsp3) is 0. The van der Waals surface area contributed by atoms with Crippen LogP contribution in [0.4, 0.5) is 0 Å². The third kappa shape index (κ3) is 2.39. The molecule has 0 fully saturated rings. The molecule has 0 amide bonds. The van der Waals surface area contributed by atoms with Crippen LogP contribution in [0, 0.1) is 0 Å². The lowest BCUT2D eigenvalue weighted by Crippen LogP contribution is -2.06. The molecule has 0 saturated heterocycles. The Labute approximate surface area is 152 Å². The van der Waals surface area contributed by atoms with Gasteiger partial charge in [-0.2, -0.15) is 0 Å². The van der Waals surface area contributed by atoms with Crippen LogP contribution in [-0.4, -0.2) is 19.9 Å². The van der Waals surface area contributed by atoms with Crippen molar-refractivity contribution in [1.82, 2.24) is 19.9 Å². The van der Waals surface area contributed by atoms with E-state index in [1.54, 1.807) is 17.5 Å². The molecule has 2 aromatic carbocycles. The Bertz CT molecular complexity index is 1310. The number of aromatic nitrogens is 4. The van der Waals surface area contributed by atoms with Crippen LogP contribution in [0.2, 0.25) is 0 Å². The van der Waals surface area contributed by atoms with Crippen molar-refractivity contribution in [3.63, 3.8) is 0 Å². The van der Waals surface area contributed by atoms with Gasteiger partial charge in [0.2, 0.25) is 5.43 Å². The van der Waals surface area contributed by atoms with Crippen LogP contribution in [0.5, 0.6) is 0 Å². The van der Waals surface area contributed by atoms with E-state index >= 15 is 0 Å². The number of aromatic amines is 1. The van der Waals surface area contributed by atoms with Crippen molar-refractivity contribution < 1.29 is 0 Å². The summed E-state index contributed by atoms with van der Waals surface area (Å²) in [5, 5.41) is 0. The normalized spacial score (nSPS) is 11.2. The van der Waals surface area contributed by atoms with Gasteiger partial charge in [0.25, 0.3) is 0 Å². The molecule has 0 spiro atoms. The number of H-pyrrole nitrogens is 1. The first-order valence-electron chi connectivity index (χ1n) is 8.08. The Morgan fingerprint density at radius 2 is 1.73 bits per heavy atom. The van der Waals surface area contributed by atoms with E-state index in [0.717, 1.165) is 27.0 Å². The van der Waals surface area contributed by atoms with E-state index in [9.17, 15) is 4.79 Å². The molecule has 0 aliphatic carbocycles. The summed E-state index contributed by atoms with van der Waals surface area (Å²) in [6.45, 7) is 0. The van der Waals surface area contributed by atoms with Gasteiger partial charge < -0.3 is 4.98 Å². The van der Waals surface area contributed by atoms with Crippen molar-refractivity contribution in [3.05, 3.63) is 76.5 Å². The molecule has 5 aromatic rings. The van der Waals surface area contributed by atoms with Crippen LogP contribution in [0.25, 0.3) is 43.9 Å². The highest BCUT2D eigenvalue weighted by Gasteiger charge is 2.15. The summed E-state index contributed by atoms with van der Waals surface area (Å²) < 4.78 is 1.07. The zero-order valence-corrected chi connectivity index (χ0v) is 14.3. The van der Waals surface area contributed by atoms with Crippen LogP contribution in [0.3, 0.4) is 0 Å². The Balaban J connectivity index is 1.86. The van der Waals surface area contributed by atoms with Gasteiger partial charge in [0, 0.05) is 23.4 Å². The summed E-state index contributed by atoms with van der Waals surface area (Å²) in [6, 6.07) is 17.3. The molecule has 0 aliphatic rings. The molecule has 5 rings (SSSR count). The zero-order valence-electron chi connectivity index (χ0n) is 13.5. The van der Waals surface area contributed by atoms with E-state index in [1.807, 2.05) is 54.0 Å². The maximum absolute atomic E-state index is 12.3. The van der Waals surface area contributed by atoms with Gasteiger partial charge >= 0.3 is 0 Å². The number of hydrogen-bond donors (Lipinski definition) is 1. The topological polar surface area (TPSA) is 71.5 Å². The first-order chi connectivity index (χ1) is 12.8. The highest BCUT2D eigenvalue weighted by atomic mass is 32.1. The summed E-state index contributed by atoms with van der Waals surface area (Å²) in [5.74, 6) is 0. The fourth-order valence-corrected chi connectivity index (χ4v) is 3.70. The number of benzene rings is 2. The maximum Gasteiger partial charge on any atom is 0.209 e. The Morgan fingerprint density at radius 1 is 0.885 bits per heavy atom. The predicted octanol–water partition coefficient (Wildman–Crippen LogP) is 4.26. The van der Waals surface area contributed by atoms with Gasteiger partial charge in [-0.15, -0.1) is 11.3 Å². The lowest BCUT2D eigenvalue weighted by atomic mass is 10.0. The summed E-state index contributed by atoms with van der Waals surface area (Å²) in [5.41, 5.74) is 6.75. The number of nitrogens with zero attached hydrogens (tertiary/aromatic N) is 3. The summed E-state index contributed by atoms with van der Waals surface area (Å²) >= 11 is 1.58. The Kier molecular flexibility index (Phi) is 3.36. The third-order valence-electron chi connectivity index (χ3n) is 4.24. The van der Waals surface area contributed by atoms with E-state index < -0.39 is 0 Å². The summed E-state index contributed by atoms with van der Waals surface area (Å²) in [4.78, 5) is 29.0. The quantitative estimate of drug-likeness (QED) is 0.513. The highest BCUT2D eigenvalue weighted by Crippen LogP contribution is 2.32. The average molecular weight is 356 g/mol. The monoisotopic (exact) mass is 356 g/mol. The second-order valence-corrected chi connectivity index (χ2v) is 6.75. The van der Waals surface area contributed by atoms with Crippen molar-refractivity contribution in [2.45, 2.75) is 0 Å². The third-order valence-corrected chi connectivity index (χ3v) is 5.03. The molecule has 0 bridgehead atoms. The number of fused-ring (bicyclic) bond motifs is 2. The van der Waals surface area contributed by atoms with Gasteiger partial charge in [-0.1, -0.05) is 36.4 Å². The number of nitrogens with one attached hydrogen (secondary N) is 1. The van der Waals surface area contributed by atoms with E-state index in [1.165, 1.54) is 6.07 Å². The molecule has 0 radical (unpaired) electrons. The first-order valence-corrected chi connectivity index (χ1v) is 8.96. The SMILES string of the molecule is O=c1cc[nH]c2nc(-c3ccccc3)c(-c3ccc4ncsc4c3)nc12. The molecule has 5 nitrogen and oxygen atoms in total. The molecule has 0 saturated carbocycles. The smallest absolute Gasteiger partial charge is 0.209 e. The molecule has 0 atom stereocenters. The lowest BCUT2D eigenvalue weighted by Gasteiger charge is -2.10. The first kappa shape index (κ1) is 14.9. The van der Waals surface area contributed by atoms with Crippen molar-refractivity contribution >= 4 is 32.7 Å². The van der Waals surface area contributed by atoms with Gasteiger partial charge in [-0.05, 0) is 12.1 Å². The van der Waals surface area contributed by atoms with E-state index in [-0.39, 0.29) is 5.43 Å². The Morgan fingerprint density at radius 3 is 2.62 bits per heavy atom. The number of pyridine rings is 1. The number of rotatable bonds is 2. The van der Waals surface area contributed by atoms with Gasteiger partial charge in [0.1, 0.15) is 0 Å². The van der Waals surface area contributed by atoms with Crippen LogP contribution in [0.1, 0.15) is 0 Å². The minimum atomic E-state index is -0.147. The van der Waals surface area contributed by atoms with Crippen LogP contribution < -0.4 is 5.43 Å². The van der Waals surface area contributed by atoms with Crippen LogP contribution in [0.15, 0.2) is 71.1 Å². The number of thiazole rings is 1. The maximum atomic E-state index is 12.3. The Hall–Kier alpha value is -3.38. The summed E-state index contributed by atoms with van der Waals surface area (Å²) in [6.07, 6.45) is 1.59. The van der Waals surface area contributed by atoms with Gasteiger partial charge in [0.15, 0.2) is 11.2 Å². The van der Waals surface area contributed by atoms with Crippen molar-refractivity contribution in [2.75, 3.05) is 0 Å². The minimum absolute atomic E-state index is 0.147. The van der Waals surface area contributed by atoms with Gasteiger partial charge in [0.05, 0.1) is 27.1 Å². The highest BCUT2D eigenvalue weighted by molar-refractivity contribution is 7.16. The second-order valence-electron chi connectivity index (χ2n) is 5.86. The molecule has 6 heteroatoms. The second kappa shape index (κ2) is 5.86. The molecule has 0 unspecified atom stereocenters. The lowest BCUT2D eigenvalue weighted by molar-refractivity contribution is 1.22. The molecular formula is C20H12N4OS. The molecule has 0 aliphatic heterocycles. The van der Waals surface area contributed by atoms with Crippen LogP contribution >= 0.6 is 11.3 Å². The van der Waals surface area contributed by atoms with Crippen LogP contribution in [-0.2, 0) is 0 Å². The van der Waals surface area contributed by atoms with E-state index in [4.69, 9.17) is 9.97 Å². The molecule has 124 valence electrons. The van der Waals surface area contributed by atoms with Crippen molar-refractivity contribution in [2.24, 2.45) is 0 Å². The van der Waals surface area contributed by atoms with Crippen molar-refractivity contribution in [1.29, 1.82) is 0 Å². The zero-order chi connectivity index (χ0) is 17.5. The largest absolute Gasteiger partial charge is 0.345 e. The van der Waals surface area contributed by atoms with Crippen molar-refractivity contribution in [3.8, 4) is 22.5 Å². The molecule has 3 heterocycles. The molecular weight excluding hydrogens is 344 g/mol. The fourth-order valence-electron chi connectivity index (χ4n) is 2.98. The minimum Gasteiger partial charge on any atom is -0.345 e. The van der Waals surface area contributed by atoms with E-state index in [2.05, 4.69) is 9.97 Å². The molecule has 1 N–H and O–H groups in total. The predicted molar refractivity (Wildman–Crippen MR) is 104 cm³/mol. The standard InChI is InChI=1S/C20H12N4OS/c25-15-8-9-21-20-19(15)23-18(17(24-20)12-4-2-1-3-5-12)13-6-7-14-16(10-13)26-11-22-14/h1-11H,(H,21,24,25). The molecule has 3 aromatic heterocycles. The van der Waals surface area contributed by atoms with Gasteiger partial charge in [-0.3, -0.25) is 4.79 Å². The summed E-state index contributed by atoms with van der Waals surface area (Å²) in [7, 11) is 0.